The van der Waals surface area contributed by atoms with Crippen LogP contribution in [0.2, 0.25) is 0 Å². The van der Waals surface area contributed by atoms with Crippen LogP contribution in [0.4, 0.5) is 0 Å². The van der Waals surface area contributed by atoms with Gasteiger partial charge in [0.25, 0.3) is 0 Å². The number of carbonyl (C=O) groups is 1. The Hall–Kier alpha value is -0.680. The van der Waals surface area contributed by atoms with E-state index in [1.165, 1.54) is 0 Å². The van der Waals surface area contributed by atoms with E-state index in [0.717, 1.165) is 6.42 Å². The maximum atomic E-state index is 11.6. The van der Waals surface area contributed by atoms with Crippen LogP contribution >= 0.6 is 12.2 Å². The van der Waals surface area contributed by atoms with Crippen molar-refractivity contribution in [3.8, 4) is 0 Å². The smallest absolute Gasteiger partial charge is 0.222 e. The van der Waals surface area contributed by atoms with E-state index in [1.54, 1.807) is 11.9 Å². The van der Waals surface area contributed by atoms with E-state index < -0.39 is 0 Å². The first-order valence-corrected chi connectivity index (χ1v) is 5.54. The summed E-state index contributed by atoms with van der Waals surface area (Å²) in [6.07, 6.45) is 1.21. The normalized spacial score (nSPS) is 12.2. The fraction of sp³-hybridized carbons (Fsp3) is 0.800. The van der Waals surface area contributed by atoms with Crippen LogP contribution in [-0.4, -0.2) is 42.1 Å². The first-order valence-electron chi connectivity index (χ1n) is 5.13. The Morgan fingerprint density at radius 2 is 2.20 bits per heavy atom. The minimum Gasteiger partial charge on any atom is -0.392 e. The lowest BCUT2D eigenvalue weighted by atomic mass is 10.2. The standard InChI is InChI=1S/C10H20N2O2S/c1-4-14-7-5-6-9(13)12(3)8(2)10(11)15/h8H,4-7H2,1-3H3,(H2,11,15). The van der Waals surface area contributed by atoms with E-state index in [1.807, 2.05) is 13.8 Å². The maximum Gasteiger partial charge on any atom is 0.222 e. The van der Waals surface area contributed by atoms with Crippen molar-refractivity contribution in [1.29, 1.82) is 0 Å². The Labute approximate surface area is 96.8 Å². The zero-order valence-corrected chi connectivity index (χ0v) is 10.5. The van der Waals surface area contributed by atoms with Gasteiger partial charge in [0.2, 0.25) is 5.91 Å². The molecule has 5 heteroatoms. The summed E-state index contributed by atoms with van der Waals surface area (Å²) in [6.45, 7) is 5.07. The van der Waals surface area contributed by atoms with Crippen molar-refractivity contribution in [2.24, 2.45) is 5.73 Å². The van der Waals surface area contributed by atoms with Crippen LogP contribution in [0, 0.1) is 0 Å². The molecule has 0 heterocycles. The summed E-state index contributed by atoms with van der Waals surface area (Å²) in [5, 5.41) is 0. The number of hydrogen-bond donors (Lipinski definition) is 1. The van der Waals surface area contributed by atoms with Gasteiger partial charge in [0.15, 0.2) is 0 Å². The third-order valence-corrected chi connectivity index (χ3v) is 2.61. The average Bonchev–Trinajstić information content (AvgIpc) is 2.21. The second-order valence-corrected chi connectivity index (χ2v) is 3.85. The summed E-state index contributed by atoms with van der Waals surface area (Å²) < 4.78 is 5.15. The molecular formula is C10H20N2O2S. The summed E-state index contributed by atoms with van der Waals surface area (Å²) in [7, 11) is 1.72. The number of thiocarbonyl (C=S) groups is 1. The third kappa shape index (κ3) is 5.69. The van der Waals surface area contributed by atoms with Crippen LogP contribution in [-0.2, 0) is 9.53 Å². The van der Waals surface area contributed by atoms with Gasteiger partial charge in [-0.3, -0.25) is 4.79 Å². The molecule has 0 saturated heterocycles. The number of nitrogens with two attached hydrogens (primary N) is 1. The highest BCUT2D eigenvalue weighted by molar-refractivity contribution is 7.80. The maximum absolute atomic E-state index is 11.6. The molecule has 0 aliphatic heterocycles. The minimum atomic E-state index is -0.181. The molecule has 15 heavy (non-hydrogen) atoms. The predicted molar refractivity (Wildman–Crippen MR) is 64.7 cm³/mol. The van der Waals surface area contributed by atoms with Crippen molar-refractivity contribution in [2.75, 3.05) is 20.3 Å². The number of nitrogens with zero attached hydrogens (tertiary/aromatic N) is 1. The summed E-state index contributed by atoms with van der Waals surface area (Å²) in [6, 6.07) is -0.181. The Morgan fingerprint density at radius 3 is 2.67 bits per heavy atom. The van der Waals surface area contributed by atoms with Crippen molar-refractivity contribution in [1.82, 2.24) is 4.90 Å². The summed E-state index contributed by atoms with van der Waals surface area (Å²) in [4.78, 5) is 13.5. The van der Waals surface area contributed by atoms with Gasteiger partial charge in [0.1, 0.15) is 0 Å². The molecule has 0 fully saturated rings. The minimum absolute atomic E-state index is 0.0509. The van der Waals surface area contributed by atoms with Crippen molar-refractivity contribution in [3.63, 3.8) is 0 Å². The number of ether oxygens (including phenoxy) is 1. The van der Waals surface area contributed by atoms with E-state index in [9.17, 15) is 4.79 Å². The first kappa shape index (κ1) is 14.3. The number of rotatable bonds is 7. The summed E-state index contributed by atoms with van der Waals surface area (Å²) in [5.41, 5.74) is 5.46. The largest absolute Gasteiger partial charge is 0.392 e. The SMILES string of the molecule is CCOCCCC(=O)N(C)C(C)C(N)=S. The molecule has 4 nitrogen and oxygen atoms in total. The fourth-order valence-corrected chi connectivity index (χ4v) is 1.21. The van der Waals surface area contributed by atoms with Gasteiger partial charge in [0, 0.05) is 26.7 Å². The molecule has 0 bridgehead atoms. The van der Waals surface area contributed by atoms with E-state index >= 15 is 0 Å². The highest BCUT2D eigenvalue weighted by Gasteiger charge is 2.16. The van der Waals surface area contributed by atoms with Crippen LogP contribution in [0.5, 0.6) is 0 Å². The van der Waals surface area contributed by atoms with Crippen molar-refractivity contribution < 1.29 is 9.53 Å². The predicted octanol–water partition coefficient (Wildman–Crippen LogP) is 0.936. The average molecular weight is 232 g/mol. The molecule has 1 unspecified atom stereocenters. The van der Waals surface area contributed by atoms with Crippen LogP contribution in [0.25, 0.3) is 0 Å². The van der Waals surface area contributed by atoms with Gasteiger partial charge in [-0.1, -0.05) is 12.2 Å². The topological polar surface area (TPSA) is 55.6 Å². The van der Waals surface area contributed by atoms with Gasteiger partial charge in [-0.2, -0.15) is 0 Å². The Morgan fingerprint density at radius 1 is 1.60 bits per heavy atom. The zero-order chi connectivity index (χ0) is 11.8. The van der Waals surface area contributed by atoms with E-state index in [4.69, 9.17) is 22.7 Å². The monoisotopic (exact) mass is 232 g/mol. The van der Waals surface area contributed by atoms with Crippen LogP contribution in [0.15, 0.2) is 0 Å². The van der Waals surface area contributed by atoms with E-state index in [-0.39, 0.29) is 11.9 Å². The molecule has 88 valence electrons. The molecule has 0 rings (SSSR count). The van der Waals surface area contributed by atoms with Gasteiger partial charge in [-0.25, -0.2) is 0 Å². The van der Waals surface area contributed by atoms with Crippen molar-refractivity contribution in [2.45, 2.75) is 32.7 Å². The molecule has 0 saturated carbocycles. The Bertz CT molecular complexity index is 221. The Balaban J connectivity index is 3.84. The summed E-state index contributed by atoms with van der Waals surface area (Å²) in [5.74, 6) is 0.0509. The molecular weight excluding hydrogens is 212 g/mol. The van der Waals surface area contributed by atoms with Gasteiger partial charge < -0.3 is 15.4 Å². The number of amides is 1. The van der Waals surface area contributed by atoms with E-state index in [2.05, 4.69) is 0 Å². The molecule has 2 N–H and O–H groups in total. The van der Waals surface area contributed by atoms with Gasteiger partial charge in [-0.05, 0) is 20.3 Å². The fourth-order valence-electron chi connectivity index (χ4n) is 1.05. The number of hydrogen-bond acceptors (Lipinski definition) is 3. The first-order chi connectivity index (χ1) is 7.00. The molecule has 0 aliphatic rings. The highest BCUT2D eigenvalue weighted by Crippen LogP contribution is 2.02. The van der Waals surface area contributed by atoms with Crippen LogP contribution < -0.4 is 5.73 Å². The van der Waals surface area contributed by atoms with Crippen molar-refractivity contribution in [3.05, 3.63) is 0 Å². The highest BCUT2D eigenvalue weighted by atomic mass is 32.1. The lowest BCUT2D eigenvalue weighted by molar-refractivity contribution is -0.130. The second kappa shape index (κ2) is 7.59. The second-order valence-electron chi connectivity index (χ2n) is 3.38. The molecule has 1 amide bonds. The van der Waals surface area contributed by atoms with Crippen LogP contribution in [0.3, 0.4) is 0 Å². The number of carbonyl (C=O) groups excluding carboxylic acids is 1. The molecule has 0 aliphatic carbocycles. The lowest BCUT2D eigenvalue weighted by Gasteiger charge is -2.23. The quantitative estimate of drug-likeness (QED) is 0.524. The zero-order valence-electron chi connectivity index (χ0n) is 9.66. The van der Waals surface area contributed by atoms with Gasteiger partial charge >= 0.3 is 0 Å². The molecule has 0 aromatic rings. The lowest BCUT2D eigenvalue weighted by Crippen LogP contribution is -2.42. The summed E-state index contributed by atoms with van der Waals surface area (Å²) >= 11 is 4.83. The van der Waals surface area contributed by atoms with E-state index in [0.29, 0.717) is 24.6 Å². The molecule has 0 aromatic carbocycles. The van der Waals surface area contributed by atoms with Crippen LogP contribution in [0.1, 0.15) is 26.7 Å². The molecule has 1 atom stereocenters. The van der Waals surface area contributed by atoms with Gasteiger partial charge in [-0.15, -0.1) is 0 Å². The number of likely N-dealkylation sites (N-methyl/N-ethyl adjacent to an activating group) is 1. The third-order valence-electron chi connectivity index (χ3n) is 2.27. The van der Waals surface area contributed by atoms with Gasteiger partial charge in [0.05, 0.1) is 11.0 Å². The van der Waals surface area contributed by atoms with Crippen molar-refractivity contribution >= 4 is 23.1 Å². The molecule has 0 aromatic heterocycles. The molecule has 0 radical (unpaired) electrons. The Kier molecular flexibility index (Phi) is 7.25. The molecule has 0 spiro atoms.